The minimum Gasteiger partial charge on any atom is -0.329 e. The first-order valence-electron chi connectivity index (χ1n) is 4.99. The molecule has 96 valence electrons. The van der Waals surface area contributed by atoms with E-state index < -0.39 is 26.9 Å². The second-order valence-corrected chi connectivity index (χ2v) is 5.84. The standard InChI is InChI=1S/C10H14F2N2O2S/c1-7(5-13)17(15,16)14-6-8-2-3-9(11)10(12)4-8/h2-4,7,14H,5-6,13H2,1H3. The Morgan fingerprint density at radius 1 is 1.35 bits per heavy atom. The lowest BCUT2D eigenvalue weighted by atomic mass is 10.2. The number of sulfonamides is 1. The van der Waals surface area contributed by atoms with E-state index in [1.54, 1.807) is 0 Å². The lowest BCUT2D eigenvalue weighted by molar-refractivity contribution is 0.506. The normalized spacial score (nSPS) is 13.6. The predicted octanol–water partition coefficient (Wildman–Crippen LogP) is 0.731. The topological polar surface area (TPSA) is 72.2 Å². The van der Waals surface area contributed by atoms with Crippen LogP contribution in [0.1, 0.15) is 12.5 Å². The van der Waals surface area contributed by atoms with Gasteiger partial charge in [0.15, 0.2) is 11.6 Å². The van der Waals surface area contributed by atoms with E-state index >= 15 is 0 Å². The van der Waals surface area contributed by atoms with Gasteiger partial charge in [-0.1, -0.05) is 6.07 Å². The quantitative estimate of drug-likeness (QED) is 0.823. The molecule has 1 atom stereocenters. The average Bonchev–Trinajstić information content (AvgIpc) is 2.29. The summed E-state index contributed by atoms with van der Waals surface area (Å²) < 4.78 is 50.8. The highest BCUT2D eigenvalue weighted by Gasteiger charge is 2.18. The molecule has 17 heavy (non-hydrogen) atoms. The molecular formula is C10H14F2N2O2S. The van der Waals surface area contributed by atoms with Gasteiger partial charge >= 0.3 is 0 Å². The van der Waals surface area contributed by atoms with Gasteiger partial charge in [-0.3, -0.25) is 0 Å². The summed E-state index contributed by atoms with van der Waals surface area (Å²) in [5.41, 5.74) is 5.59. The van der Waals surface area contributed by atoms with E-state index in [0.29, 0.717) is 5.56 Å². The molecule has 1 unspecified atom stereocenters. The van der Waals surface area contributed by atoms with Gasteiger partial charge in [-0.2, -0.15) is 0 Å². The summed E-state index contributed by atoms with van der Waals surface area (Å²) in [7, 11) is -3.52. The van der Waals surface area contributed by atoms with Crippen LogP contribution in [0.5, 0.6) is 0 Å². The molecule has 7 heteroatoms. The van der Waals surface area contributed by atoms with Crippen LogP contribution in [0.15, 0.2) is 18.2 Å². The molecule has 0 radical (unpaired) electrons. The number of hydrogen-bond acceptors (Lipinski definition) is 3. The molecule has 0 fully saturated rings. The van der Waals surface area contributed by atoms with Gasteiger partial charge in [0.2, 0.25) is 10.0 Å². The second kappa shape index (κ2) is 5.52. The minimum absolute atomic E-state index is 0.00683. The van der Waals surface area contributed by atoms with E-state index in [2.05, 4.69) is 4.72 Å². The number of nitrogens with one attached hydrogen (secondary N) is 1. The van der Waals surface area contributed by atoms with Gasteiger partial charge in [0.25, 0.3) is 0 Å². The summed E-state index contributed by atoms with van der Waals surface area (Å²) in [6.45, 7) is 1.37. The fourth-order valence-corrected chi connectivity index (χ4v) is 2.01. The molecule has 1 aromatic rings. The van der Waals surface area contributed by atoms with Crippen molar-refractivity contribution < 1.29 is 17.2 Å². The maximum absolute atomic E-state index is 12.9. The minimum atomic E-state index is -3.52. The summed E-state index contributed by atoms with van der Waals surface area (Å²) in [6, 6.07) is 3.21. The maximum Gasteiger partial charge on any atom is 0.215 e. The Morgan fingerprint density at radius 3 is 2.53 bits per heavy atom. The zero-order valence-corrected chi connectivity index (χ0v) is 10.1. The van der Waals surface area contributed by atoms with Crippen molar-refractivity contribution in [2.24, 2.45) is 5.73 Å². The molecule has 0 saturated heterocycles. The SMILES string of the molecule is CC(CN)S(=O)(=O)NCc1ccc(F)c(F)c1. The third-order valence-electron chi connectivity index (χ3n) is 2.32. The highest BCUT2D eigenvalue weighted by Crippen LogP contribution is 2.09. The molecule has 1 aromatic carbocycles. The third-order valence-corrected chi connectivity index (χ3v) is 4.12. The van der Waals surface area contributed by atoms with E-state index in [9.17, 15) is 17.2 Å². The van der Waals surface area contributed by atoms with Crippen LogP contribution in [0.4, 0.5) is 8.78 Å². The molecule has 0 aliphatic carbocycles. The van der Waals surface area contributed by atoms with Crippen LogP contribution in [0.2, 0.25) is 0 Å². The van der Waals surface area contributed by atoms with Crippen LogP contribution in [-0.4, -0.2) is 20.2 Å². The molecule has 0 bridgehead atoms. The van der Waals surface area contributed by atoms with E-state index in [0.717, 1.165) is 12.1 Å². The molecule has 0 heterocycles. The van der Waals surface area contributed by atoms with Crippen molar-refractivity contribution in [1.29, 1.82) is 0 Å². The Kier molecular flexibility index (Phi) is 4.55. The van der Waals surface area contributed by atoms with Gasteiger partial charge in [0.05, 0.1) is 5.25 Å². The first-order chi connectivity index (χ1) is 7.86. The van der Waals surface area contributed by atoms with Crippen molar-refractivity contribution in [3.63, 3.8) is 0 Å². The highest BCUT2D eigenvalue weighted by atomic mass is 32.2. The molecule has 3 N–H and O–H groups in total. The Morgan fingerprint density at radius 2 is 2.00 bits per heavy atom. The maximum atomic E-state index is 12.9. The Labute approximate surface area is 98.9 Å². The number of halogens is 2. The summed E-state index contributed by atoms with van der Waals surface area (Å²) >= 11 is 0. The molecule has 0 amide bonds. The van der Waals surface area contributed by atoms with Crippen LogP contribution < -0.4 is 10.5 Å². The zero-order valence-electron chi connectivity index (χ0n) is 9.28. The predicted molar refractivity (Wildman–Crippen MR) is 60.6 cm³/mol. The Bertz CT molecular complexity index is 491. The molecule has 0 aromatic heterocycles. The van der Waals surface area contributed by atoms with Crippen molar-refractivity contribution in [1.82, 2.24) is 4.72 Å². The average molecular weight is 264 g/mol. The molecule has 4 nitrogen and oxygen atoms in total. The number of hydrogen-bond donors (Lipinski definition) is 2. The molecule has 0 aliphatic rings. The van der Waals surface area contributed by atoms with Crippen LogP contribution in [0, 0.1) is 11.6 Å². The van der Waals surface area contributed by atoms with Crippen molar-refractivity contribution in [3.8, 4) is 0 Å². The molecule has 1 rings (SSSR count). The van der Waals surface area contributed by atoms with Gasteiger partial charge in [0, 0.05) is 13.1 Å². The van der Waals surface area contributed by atoms with Crippen LogP contribution >= 0.6 is 0 Å². The monoisotopic (exact) mass is 264 g/mol. The van der Waals surface area contributed by atoms with Crippen molar-refractivity contribution in [2.75, 3.05) is 6.54 Å². The number of benzene rings is 1. The Hall–Kier alpha value is -1.05. The van der Waals surface area contributed by atoms with Gasteiger partial charge in [-0.15, -0.1) is 0 Å². The van der Waals surface area contributed by atoms with Crippen LogP contribution in [0.3, 0.4) is 0 Å². The summed E-state index contributed by atoms with van der Waals surface area (Å²) in [5, 5.41) is -0.729. The lowest BCUT2D eigenvalue weighted by Gasteiger charge is -2.11. The van der Waals surface area contributed by atoms with E-state index in [1.807, 2.05) is 0 Å². The van der Waals surface area contributed by atoms with Crippen molar-refractivity contribution in [3.05, 3.63) is 35.4 Å². The summed E-state index contributed by atoms with van der Waals surface area (Å²) in [5.74, 6) is -1.97. The van der Waals surface area contributed by atoms with E-state index in [-0.39, 0.29) is 13.1 Å². The fraction of sp³-hybridized carbons (Fsp3) is 0.400. The summed E-state index contributed by atoms with van der Waals surface area (Å²) in [4.78, 5) is 0. The third kappa shape index (κ3) is 3.72. The Balaban J connectivity index is 2.71. The van der Waals surface area contributed by atoms with E-state index in [4.69, 9.17) is 5.73 Å². The van der Waals surface area contributed by atoms with Gasteiger partial charge in [0.1, 0.15) is 0 Å². The molecule has 0 aliphatic heterocycles. The molecule has 0 saturated carbocycles. The van der Waals surface area contributed by atoms with Crippen molar-refractivity contribution >= 4 is 10.0 Å². The van der Waals surface area contributed by atoms with Crippen molar-refractivity contribution in [2.45, 2.75) is 18.7 Å². The second-order valence-electron chi connectivity index (χ2n) is 3.66. The zero-order chi connectivity index (χ0) is 13.1. The van der Waals surface area contributed by atoms with E-state index in [1.165, 1.54) is 13.0 Å². The molecule has 0 spiro atoms. The van der Waals surface area contributed by atoms with Gasteiger partial charge in [-0.05, 0) is 24.6 Å². The highest BCUT2D eigenvalue weighted by molar-refractivity contribution is 7.90. The largest absolute Gasteiger partial charge is 0.329 e. The summed E-state index contributed by atoms with van der Waals surface area (Å²) in [6.07, 6.45) is 0. The fourth-order valence-electron chi connectivity index (χ4n) is 1.10. The first-order valence-corrected chi connectivity index (χ1v) is 6.54. The lowest BCUT2D eigenvalue weighted by Crippen LogP contribution is -2.36. The van der Waals surface area contributed by atoms with Gasteiger partial charge in [-0.25, -0.2) is 21.9 Å². The van der Waals surface area contributed by atoms with Crippen LogP contribution in [0.25, 0.3) is 0 Å². The number of nitrogens with two attached hydrogens (primary N) is 1. The first kappa shape index (κ1) is 14.0. The van der Waals surface area contributed by atoms with Crippen LogP contribution in [-0.2, 0) is 16.6 Å². The van der Waals surface area contributed by atoms with Gasteiger partial charge < -0.3 is 5.73 Å². The number of rotatable bonds is 5. The molecular weight excluding hydrogens is 250 g/mol. The smallest absolute Gasteiger partial charge is 0.215 e.